The molecule has 1 atom stereocenters. The molecule has 2 amide bonds. The van der Waals surface area contributed by atoms with Gasteiger partial charge in [-0.05, 0) is 48.9 Å². The van der Waals surface area contributed by atoms with E-state index in [0.717, 1.165) is 16.8 Å². The van der Waals surface area contributed by atoms with Crippen molar-refractivity contribution in [1.82, 2.24) is 4.98 Å². The summed E-state index contributed by atoms with van der Waals surface area (Å²) in [5.41, 5.74) is 4.88. The molecule has 0 saturated carbocycles. The predicted octanol–water partition coefficient (Wildman–Crippen LogP) is 4.52. The number of carboxylic acid groups (broad SMARTS) is 1. The highest BCUT2D eigenvalue weighted by atomic mass is 16.5. The molecule has 34 heavy (non-hydrogen) atoms. The summed E-state index contributed by atoms with van der Waals surface area (Å²) in [5, 5.41) is 12.2. The number of carboxylic acids is 1. The molecule has 0 aliphatic carbocycles. The molecule has 0 radical (unpaired) electrons. The maximum Gasteiger partial charge on any atom is 0.333 e. The lowest BCUT2D eigenvalue weighted by molar-refractivity contribution is -0.149. The minimum absolute atomic E-state index is 0.263. The van der Waals surface area contributed by atoms with Crippen LogP contribution in [0.5, 0.6) is 0 Å². The van der Waals surface area contributed by atoms with Crippen LogP contribution in [0.1, 0.15) is 12.5 Å². The number of carbonyl (C=O) groups excluding carboxylic acids is 1. The molecule has 0 fully saturated rings. The summed E-state index contributed by atoms with van der Waals surface area (Å²) in [7, 11) is 5.62. The van der Waals surface area contributed by atoms with E-state index < -0.39 is 12.1 Å². The largest absolute Gasteiger partial charge is 0.479 e. The molecular weight excluding hydrogens is 432 g/mol. The molecule has 3 rings (SSSR count). The zero-order valence-corrected chi connectivity index (χ0v) is 19.9. The Hall–Kier alpha value is -3.91. The minimum atomic E-state index is -0.977. The van der Waals surface area contributed by atoms with Gasteiger partial charge in [-0.25, -0.2) is 9.59 Å². The van der Waals surface area contributed by atoms with Gasteiger partial charge in [0.15, 0.2) is 6.10 Å². The number of hydrogen-bond donors (Lipinski definition) is 2. The highest BCUT2D eigenvalue weighted by Crippen LogP contribution is 2.24. The first-order valence-corrected chi connectivity index (χ1v) is 11.0. The van der Waals surface area contributed by atoms with Crippen LogP contribution in [0.4, 0.5) is 21.9 Å². The second-order valence-corrected chi connectivity index (χ2v) is 8.01. The molecule has 1 aromatic heterocycles. The molecule has 0 aliphatic heterocycles. The Labute approximate surface area is 199 Å². The lowest BCUT2D eigenvalue weighted by Crippen LogP contribution is -2.31. The molecule has 2 aromatic carbocycles. The predicted molar refractivity (Wildman–Crippen MR) is 135 cm³/mol. The van der Waals surface area contributed by atoms with Gasteiger partial charge >= 0.3 is 12.0 Å². The Bertz CT molecular complexity index is 1110. The number of hydrogen-bond acceptors (Lipinski definition) is 5. The fourth-order valence-corrected chi connectivity index (χ4v) is 3.40. The zero-order chi connectivity index (χ0) is 24.7. The van der Waals surface area contributed by atoms with Crippen molar-refractivity contribution < 1.29 is 19.4 Å². The highest BCUT2D eigenvalue weighted by molar-refractivity contribution is 6.01. The van der Waals surface area contributed by atoms with E-state index >= 15 is 0 Å². The van der Waals surface area contributed by atoms with E-state index in [2.05, 4.69) is 10.3 Å². The summed E-state index contributed by atoms with van der Waals surface area (Å²) in [6.45, 7) is 2.12. The van der Waals surface area contributed by atoms with Crippen LogP contribution in [-0.2, 0) is 16.0 Å². The number of benzene rings is 2. The SMILES string of the molecule is CCO[C@@H](Cc1ccc(-c2cc(N(C)C(=O)Nc3ccc(N(C)C)cc3)ccn2)cc1)C(=O)O. The summed E-state index contributed by atoms with van der Waals surface area (Å²) < 4.78 is 5.29. The van der Waals surface area contributed by atoms with Gasteiger partial charge in [0.25, 0.3) is 0 Å². The zero-order valence-electron chi connectivity index (χ0n) is 19.9. The summed E-state index contributed by atoms with van der Waals surface area (Å²) >= 11 is 0. The third kappa shape index (κ3) is 6.32. The molecule has 0 bridgehead atoms. The molecule has 8 heteroatoms. The number of urea groups is 1. The van der Waals surface area contributed by atoms with Crippen LogP contribution in [0.3, 0.4) is 0 Å². The van der Waals surface area contributed by atoms with Crippen molar-refractivity contribution in [3.05, 3.63) is 72.4 Å². The number of nitrogens with zero attached hydrogens (tertiary/aromatic N) is 3. The van der Waals surface area contributed by atoms with E-state index in [0.29, 0.717) is 23.7 Å². The normalized spacial score (nSPS) is 11.5. The number of rotatable bonds is 9. The van der Waals surface area contributed by atoms with Crippen LogP contribution in [0.25, 0.3) is 11.3 Å². The van der Waals surface area contributed by atoms with Crippen LogP contribution in [-0.4, -0.2) is 55.9 Å². The van der Waals surface area contributed by atoms with Gasteiger partial charge in [0.1, 0.15) is 0 Å². The molecule has 0 unspecified atom stereocenters. The molecular formula is C26H30N4O4. The fourth-order valence-electron chi connectivity index (χ4n) is 3.40. The van der Waals surface area contributed by atoms with Crippen molar-refractivity contribution >= 4 is 29.1 Å². The first-order chi connectivity index (χ1) is 16.3. The third-order valence-electron chi connectivity index (χ3n) is 5.38. The lowest BCUT2D eigenvalue weighted by atomic mass is 10.0. The van der Waals surface area contributed by atoms with Crippen LogP contribution < -0.4 is 15.1 Å². The Morgan fingerprint density at radius 2 is 1.68 bits per heavy atom. The second kappa shape index (κ2) is 11.3. The van der Waals surface area contributed by atoms with Crippen molar-refractivity contribution in [2.45, 2.75) is 19.4 Å². The number of anilines is 3. The van der Waals surface area contributed by atoms with E-state index in [4.69, 9.17) is 4.74 Å². The first kappa shape index (κ1) is 24.7. The second-order valence-electron chi connectivity index (χ2n) is 8.01. The molecule has 8 nitrogen and oxygen atoms in total. The van der Waals surface area contributed by atoms with E-state index in [1.807, 2.05) is 73.6 Å². The summed E-state index contributed by atoms with van der Waals surface area (Å²) in [4.78, 5) is 32.0. The molecule has 2 N–H and O–H groups in total. The Morgan fingerprint density at radius 1 is 1.00 bits per heavy atom. The fraction of sp³-hybridized carbons (Fsp3) is 0.269. The minimum Gasteiger partial charge on any atom is -0.479 e. The van der Waals surface area contributed by atoms with Crippen molar-refractivity contribution in [2.24, 2.45) is 0 Å². The summed E-state index contributed by atoms with van der Waals surface area (Å²) in [6.07, 6.45) is 1.07. The van der Waals surface area contributed by atoms with Crippen molar-refractivity contribution in [1.29, 1.82) is 0 Å². The summed E-state index contributed by atoms with van der Waals surface area (Å²) in [5.74, 6) is -0.977. The van der Waals surface area contributed by atoms with E-state index in [-0.39, 0.29) is 12.5 Å². The number of aliphatic carboxylic acids is 1. The van der Waals surface area contributed by atoms with Crippen LogP contribution in [0, 0.1) is 0 Å². The summed E-state index contributed by atoms with van der Waals surface area (Å²) in [6, 6.07) is 18.5. The van der Waals surface area contributed by atoms with Gasteiger partial charge in [-0.15, -0.1) is 0 Å². The number of aromatic nitrogens is 1. The Morgan fingerprint density at radius 3 is 2.26 bits per heavy atom. The maximum absolute atomic E-state index is 12.8. The monoisotopic (exact) mass is 462 g/mol. The van der Waals surface area contributed by atoms with Gasteiger partial charge in [0.05, 0.1) is 5.69 Å². The van der Waals surface area contributed by atoms with E-state index in [1.165, 1.54) is 4.90 Å². The average molecular weight is 463 g/mol. The smallest absolute Gasteiger partial charge is 0.333 e. The topological polar surface area (TPSA) is 95.0 Å². The number of ether oxygens (including phenoxy) is 1. The van der Waals surface area contributed by atoms with E-state index in [9.17, 15) is 14.7 Å². The van der Waals surface area contributed by atoms with Gasteiger partial charge in [-0.2, -0.15) is 0 Å². The van der Waals surface area contributed by atoms with Crippen molar-refractivity contribution in [3.63, 3.8) is 0 Å². The standard InChI is InChI=1S/C26H30N4O4/c1-5-34-24(25(31)32)16-18-6-8-19(9-7-18)23-17-22(14-15-27-23)30(4)26(33)28-20-10-12-21(13-11-20)29(2)3/h6-15,17,24H,5,16H2,1-4H3,(H,28,33)(H,31,32)/t24-/m0/s1. The number of pyridine rings is 1. The highest BCUT2D eigenvalue weighted by Gasteiger charge is 2.18. The van der Waals surface area contributed by atoms with E-state index in [1.54, 1.807) is 26.2 Å². The van der Waals surface area contributed by atoms with Crippen molar-refractivity contribution in [3.8, 4) is 11.3 Å². The number of amides is 2. The molecule has 1 heterocycles. The third-order valence-corrected chi connectivity index (χ3v) is 5.38. The first-order valence-electron chi connectivity index (χ1n) is 11.0. The molecule has 178 valence electrons. The van der Waals surface area contributed by atoms with Gasteiger partial charge in [0.2, 0.25) is 0 Å². The average Bonchev–Trinajstić information content (AvgIpc) is 2.84. The van der Waals surface area contributed by atoms with Gasteiger partial charge in [-0.1, -0.05) is 24.3 Å². The lowest BCUT2D eigenvalue weighted by Gasteiger charge is -2.19. The van der Waals surface area contributed by atoms with Crippen LogP contribution >= 0.6 is 0 Å². The molecule has 0 saturated heterocycles. The number of carbonyl (C=O) groups is 2. The maximum atomic E-state index is 12.8. The molecule has 0 aliphatic rings. The van der Waals surface area contributed by atoms with Crippen molar-refractivity contribution in [2.75, 3.05) is 42.9 Å². The number of nitrogens with one attached hydrogen (secondary N) is 1. The molecule has 0 spiro atoms. The Balaban J connectivity index is 1.69. The van der Waals surface area contributed by atoms with Crippen LogP contribution in [0.15, 0.2) is 66.9 Å². The Kier molecular flexibility index (Phi) is 8.21. The quantitative estimate of drug-likeness (QED) is 0.486. The van der Waals surface area contributed by atoms with Gasteiger partial charge < -0.3 is 20.1 Å². The van der Waals surface area contributed by atoms with Gasteiger partial charge in [-0.3, -0.25) is 9.88 Å². The molecule has 3 aromatic rings. The van der Waals surface area contributed by atoms with Gasteiger partial charge in [0, 0.05) is 63.0 Å². The van der Waals surface area contributed by atoms with Crippen LogP contribution in [0.2, 0.25) is 0 Å².